The maximum Gasteiger partial charge on any atom is 0.410 e. The molecule has 1 saturated heterocycles. The second-order valence-electron chi connectivity index (χ2n) is 10.7. The van der Waals surface area contributed by atoms with Gasteiger partial charge < -0.3 is 29.0 Å². The van der Waals surface area contributed by atoms with E-state index in [9.17, 15) is 9.90 Å². The van der Waals surface area contributed by atoms with Crippen molar-refractivity contribution < 1.29 is 28.8 Å². The summed E-state index contributed by atoms with van der Waals surface area (Å²) in [5.74, 6) is 2.67. The molecule has 0 bridgehead atoms. The predicted octanol–water partition coefficient (Wildman–Crippen LogP) is 4.79. The topological polar surface area (TPSA) is 77.5 Å². The van der Waals surface area contributed by atoms with E-state index in [4.69, 9.17) is 18.9 Å². The molecule has 7 heteroatoms. The Labute approximate surface area is 205 Å². The van der Waals surface area contributed by atoms with Crippen LogP contribution in [0.2, 0.25) is 0 Å². The number of hydrogen-bond acceptors (Lipinski definition) is 6. The number of aliphatic hydroxyl groups excluding tert-OH is 1. The molecule has 0 radical (unpaired) electrons. The van der Waals surface area contributed by atoms with Crippen molar-refractivity contribution in [2.75, 3.05) is 47.1 Å². The van der Waals surface area contributed by atoms with Gasteiger partial charge in [-0.25, -0.2) is 4.79 Å². The van der Waals surface area contributed by atoms with Crippen molar-refractivity contribution in [1.29, 1.82) is 0 Å². The predicted molar refractivity (Wildman–Crippen MR) is 134 cm³/mol. The van der Waals surface area contributed by atoms with Crippen LogP contribution in [0.15, 0.2) is 18.2 Å². The Hall–Kier alpha value is -1.99. The van der Waals surface area contributed by atoms with E-state index in [1.807, 2.05) is 26.8 Å². The van der Waals surface area contributed by atoms with Crippen LogP contribution in [0.4, 0.5) is 4.79 Å². The molecule has 2 rings (SSSR count). The number of likely N-dealkylation sites (tertiary alicyclic amines) is 1. The average molecular weight is 480 g/mol. The maximum absolute atomic E-state index is 12.6. The number of ether oxygens (including phenoxy) is 4. The molecular weight excluding hydrogens is 434 g/mol. The van der Waals surface area contributed by atoms with Gasteiger partial charge in [0.15, 0.2) is 11.5 Å². The number of carbonyl (C=O) groups is 1. The number of carbonyl (C=O) groups excluding carboxylic acids is 1. The van der Waals surface area contributed by atoms with E-state index >= 15 is 0 Å². The molecule has 1 fully saturated rings. The van der Waals surface area contributed by atoms with Crippen molar-refractivity contribution in [3.05, 3.63) is 23.8 Å². The van der Waals surface area contributed by atoms with Gasteiger partial charge in [-0.3, -0.25) is 0 Å². The highest BCUT2D eigenvalue weighted by Gasteiger charge is 2.38. The van der Waals surface area contributed by atoms with Crippen LogP contribution in [-0.2, 0) is 15.9 Å². The Balaban J connectivity index is 2.08. The first-order valence-corrected chi connectivity index (χ1v) is 12.4. The smallest absolute Gasteiger partial charge is 0.410 e. The van der Waals surface area contributed by atoms with E-state index < -0.39 is 5.60 Å². The summed E-state index contributed by atoms with van der Waals surface area (Å²) >= 11 is 0. The lowest BCUT2D eigenvalue weighted by Crippen LogP contribution is -2.35. The summed E-state index contributed by atoms with van der Waals surface area (Å²) in [6.07, 6.45) is 2.37. The Bertz CT molecular complexity index is 760. The van der Waals surface area contributed by atoms with Crippen LogP contribution < -0.4 is 9.47 Å². The number of methoxy groups -OCH3 is 2. The maximum atomic E-state index is 12.6. The van der Waals surface area contributed by atoms with Gasteiger partial charge in [-0.1, -0.05) is 19.9 Å². The Morgan fingerprint density at radius 2 is 1.82 bits per heavy atom. The zero-order chi connectivity index (χ0) is 25.3. The standard InChI is InChI=1S/C27H45NO6/c1-19(2)21(13-20-9-10-24(32-7)25(14-20)33-12-8-11-31-6)15-22-16-28(17-23(22)18-29)26(30)34-27(3,4)5/h9-10,14,19,21-23,29H,8,11-13,15-18H2,1-7H3/t21?,22-,23+/m0/s1. The minimum atomic E-state index is -0.526. The zero-order valence-electron chi connectivity index (χ0n) is 22.1. The molecule has 1 aliphatic heterocycles. The first-order valence-electron chi connectivity index (χ1n) is 12.4. The van der Waals surface area contributed by atoms with Crippen molar-refractivity contribution in [3.8, 4) is 11.5 Å². The van der Waals surface area contributed by atoms with Gasteiger partial charge in [0.05, 0.1) is 13.7 Å². The average Bonchev–Trinajstić information content (AvgIpc) is 3.18. The summed E-state index contributed by atoms with van der Waals surface area (Å²) in [7, 11) is 3.34. The largest absolute Gasteiger partial charge is 0.493 e. The van der Waals surface area contributed by atoms with Gasteiger partial charge in [-0.05, 0) is 69.1 Å². The number of benzene rings is 1. The van der Waals surface area contributed by atoms with Crippen LogP contribution >= 0.6 is 0 Å². The molecule has 0 aromatic heterocycles. The van der Waals surface area contributed by atoms with E-state index in [1.54, 1.807) is 19.1 Å². The number of rotatable bonds is 12. The fourth-order valence-corrected chi connectivity index (χ4v) is 4.52. The molecule has 194 valence electrons. The summed E-state index contributed by atoms with van der Waals surface area (Å²) in [5, 5.41) is 10.0. The van der Waals surface area contributed by atoms with Gasteiger partial charge in [0.25, 0.3) is 0 Å². The van der Waals surface area contributed by atoms with Crippen molar-refractivity contribution >= 4 is 6.09 Å². The Morgan fingerprint density at radius 1 is 1.12 bits per heavy atom. The number of aliphatic hydroxyl groups is 1. The molecule has 0 spiro atoms. The van der Waals surface area contributed by atoms with Crippen molar-refractivity contribution in [2.24, 2.45) is 23.7 Å². The molecule has 1 heterocycles. The fourth-order valence-electron chi connectivity index (χ4n) is 4.52. The van der Waals surface area contributed by atoms with Crippen molar-refractivity contribution in [2.45, 2.75) is 59.5 Å². The number of hydrogen-bond donors (Lipinski definition) is 1. The second kappa shape index (κ2) is 13.2. The van der Waals surface area contributed by atoms with Gasteiger partial charge >= 0.3 is 6.09 Å². The third kappa shape index (κ3) is 8.66. The van der Waals surface area contributed by atoms with Gasteiger partial charge in [0.1, 0.15) is 5.60 Å². The van der Waals surface area contributed by atoms with Crippen molar-refractivity contribution in [1.82, 2.24) is 4.90 Å². The summed E-state index contributed by atoms with van der Waals surface area (Å²) in [4.78, 5) is 14.3. The van der Waals surface area contributed by atoms with E-state index in [0.29, 0.717) is 38.1 Å². The lowest BCUT2D eigenvalue weighted by molar-refractivity contribution is 0.0280. The van der Waals surface area contributed by atoms with E-state index in [0.717, 1.165) is 30.8 Å². The molecule has 1 aliphatic rings. The molecule has 3 atom stereocenters. The molecule has 7 nitrogen and oxygen atoms in total. The molecule has 1 amide bonds. The molecule has 1 aromatic rings. The minimum absolute atomic E-state index is 0.0734. The molecule has 0 saturated carbocycles. The third-order valence-corrected chi connectivity index (χ3v) is 6.49. The van der Waals surface area contributed by atoms with E-state index in [1.165, 1.54) is 5.56 Å². The summed E-state index contributed by atoms with van der Waals surface area (Å²) in [5.41, 5.74) is 0.672. The van der Waals surface area contributed by atoms with Crippen LogP contribution in [0.25, 0.3) is 0 Å². The highest BCUT2D eigenvalue weighted by molar-refractivity contribution is 5.68. The quantitative estimate of drug-likeness (QED) is 0.434. The molecule has 34 heavy (non-hydrogen) atoms. The number of nitrogens with zero attached hydrogens (tertiary/aromatic N) is 1. The first-order chi connectivity index (χ1) is 16.1. The van der Waals surface area contributed by atoms with Crippen LogP contribution in [0.3, 0.4) is 0 Å². The van der Waals surface area contributed by atoms with Gasteiger partial charge in [0.2, 0.25) is 0 Å². The van der Waals surface area contributed by atoms with Crippen LogP contribution in [0.1, 0.15) is 53.0 Å². The lowest BCUT2D eigenvalue weighted by Gasteiger charge is -2.27. The van der Waals surface area contributed by atoms with Gasteiger partial charge in [-0.15, -0.1) is 0 Å². The van der Waals surface area contributed by atoms with Crippen molar-refractivity contribution in [3.63, 3.8) is 0 Å². The molecule has 1 aromatic carbocycles. The van der Waals surface area contributed by atoms with E-state index in [-0.39, 0.29) is 24.5 Å². The highest BCUT2D eigenvalue weighted by atomic mass is 16.6. The third-order valence-electron chi connectivity index (χ3n) is 6.49. The fraction of sp³-hybridized carbons (Fsp3) is 0.741. The summed E-state index contributed by atoms with van der Waals surface area (Å²) in [6.45, 7) is 12.6. The van der Waals surface area contributed by atoms with Crippen LogP contribution in [0.5, 0.6) is 11.5 Å². The summed E-state index contributed by atoms with van der Waals surface area (Å²) in [6, 6.07) is 6.14. The molecular formula is C27H45NO6. The van der Waals surface area contributed by atoms with Gasteiger partial charge in [-0.2, -0.15) is 0 Å². The normalized spacial score (nSPS) is 19.4. The highest BCUT2D eigenvalue weighted by Crippen LogP contribution is 2.35. The minimum Gasteiger partial charge on any atom is -0.493 e. The zero-order valence-corrected chi connectivity index (χ0v) is 22.1. The van der Waals surface area contributed by atoms with Crippen LogP contribution in [-0.4, -0.2) is 68.8 Å². The summed E-state index contributed by atoms with van der Waals surface area (Å²) < 4.78 is 22.1. The number of amides is 1. The lowest BCUT2D eigenvalue weighted by atomic mass is 9.79. The second-order valence-corrected chi connectivity index (χ2v) is 10.7. The Kier molecular flexibility index (Phi) is 11.0. The molecule has 1 N–H and O–H groups in total. The van der Waals surface area contributed by atoms with E-state index in [2.05, 4.69) is 26.0 Å². The molecule has 1 unspecified atom stereocenters. The Morgan fingerprint density at radius 3 is 2.41 bits per heavy atom. The first kappa shape index (κ1) is 28.2. The monoisotopic (exact) mass is 479 g/mol. The van der Waals surface area contributed by atoms with Gasteiger partial charge in [0, 0.05) is 45.8 Å². The SMILES string of the molecule is COCCCOc1cc(CC(C[C@H]2CN(C(=O)OC(C)(C)C)C[C@@H]2CO)C(C)C)ccc1OC. The molecule has 0 aliphatic carbocycles. The van der Waals surface area contributed by atoms with Crippen LogP contribution in [0, 0.1) is 23.7 Å².